The van der Waals surface area contributed by atoms with E-state index in [2.05, 4.69) is 11.4 Å². The number of halogens is 1. The Balaban J connectivity index is 1.67. The number of para-hydroxylation sites is 1. The minimum atomic E-state index is -0.137. The number of carbonyl (C=O) groups excluding carboxylic acids is 1. The summed E-state index contributed by atoms with van der Waals surface area (Å²) in [4.78, 5) is 17.3. The largest absolute Gasteiger partial charge is 0.493 e. The molecule has 0 saturated carbocycles. The zero-order valence-electron chi connectivity index (χ0n) is 20.3. The normalized spacial score (nSPS) is 10.4. The van der Waals surface area contributed by atoms with Gasteiger partial charge in [-0.2, -0.15) is 5.26 Å². The first kappa shape index (κ1) is 26.1. The third-order valence-electron chi connectivity index (χ3n) is 5.56. The molecule has 8 heteroatoms. The van der Waals surface area contributed by atoms with Gasteiger partial charge in [-0.25, -0.2) is 4.98 Å². The number of hydrogen-bond acceptors (Lipinski definition) is 6. The van der Waals surface area contributed by atoms with E-state index in [1.54, 1.807) is 38.5 Å². The van der Waals surface area contributed by atoms with E-state index in [-0.39, 0.29) is 12.3 Å². The van der Waals surface area contributed by atoms with Crippen molar-refractivity contribution in [2.75, 3.05) is 25.3 Å². The van der Waals surface area contributed by atoms with Crippen LogP contribution in [0.25, 0.3) is 22.4 Å². The summed E-state index contributed by atoms with van der Waals surface area (Å²) in [5.74, 6) is 1.40. The minimum Gasteiger partial charge on any atom is -0.493 e. The summed E-state index contributed by atoms with van der Waals surface area (Å²) in [6.07, 6.45) is 0.243. The van der Waals surface area contributed by atoms with Gasteiger partial charge < -0.3 is 14.8 Å². The van der Waals surface area contributed by atoms with Gasteiger partial charge in [-0.3, -0.25) is 4.79 Å². The highest BCUT2D eigenvalue weighted by atomic mass is 35.5. The van der Waals surface area contributed by atoms with Crippen LogP contribution in [0.4, 0.5) is 5.69 Å². The highest BCUT2D eigenvalue weighted by Crippen LogP contribution is 2.42. The van der Waals surface area contributed by atoms with E-state index in [9.17, 15) is 10.1 Å². The second kappa shape index (κ2) is 12.3. The molecule has 0 bridgehead atoms. The quantitative estimate of drug-likeness (QED) is 0.233. The number of pyridine rings is 1. The van der Waals surface area contributed by atoms with Crippen molar-refractivity contribution in [3.8, 4) is 40.0 Å². The summed E-state index contributed by atoms with van der Waals surface area (Å²) in [6, 6.07) is 26.5. The molecule has 0 radical (unpaired) electrons. The molecule has 186 valence electrons. The third kappa shape index (κ3) is 6.23. The fourth-order valence-electron chi connectivity index (χ4n) is 3.80. The fourth-order valence-corrected chi connectivity index (χ4v) is 4.87. The summed E-state index contributed by atoms with van der Waals surface area (Å²) in [5, 5.41) is 14.2. The van der Waals surface area contributed by atoms with Crippen LogP contribution in [0, 0.1) is 11.3 Å². The first-order valence-corrected chi connectivity index (χ1v) is 12.8. The molecule has 1 aromatic heterocycles. The summed E-state index contributed by atoms with van der Waals surface area (Å²) < 4.78 is 11.1. The average Bonchev–Trinajstić information content (AvgIpc) is 2.93. The number of nitriles is 1. The maximum absolute atomic E-state index is 12.5. The Kier molecular flexibility index (Phi) is 8.68. The molecule has 3 aromatic carbocycles. The van der Waals surface area contributed by atoms with Gasteiger partial charge in [0, 0.05) is 39.6 Å². The molecule has 6 nitrogen and oxygen atoms in total. The number of methoxy groups -OCH3 is 2. The number of nitrogens with one attached hydrogen (secondary N) is 1. The van der Waals surface area contributed by atoms with Crippen LogP contribution in [0.5, 0.6) is 11.5 Å². The smallest absolute Gasteiger partial charge is 0.225 e. The van der Waals surface area contributed by atoms with Crippen molar-refractivity contribution in [3.63, 3.8) is 0 Å². The van der Waals surface area contributed by atoms with Gasteiger partial charge in [0.25, 0.3) is 0 Å². The lowest BCUT2D eigenvalue weighted by atomic mass is 9.98. The average molecular weight is 530 g/mol. The van der Waals surface area contributed by atoms with Gasteiger partial charge in [0.05, 0.1) is 25.5 Å². The Morgan fingerprint density at radius 3 is 2.43 bits per heavy atom. The Hall–Kier alpha value is -3.99. The molecule has 37 heavy (non-hydrogen) atoms. The van der Waals surface area contributed by atoms with Crippen molar-refractivity contribution in [2.24, 2.45) is 0 Å². The molecule has 4 rings (SSSR count). The molecule has 0 aliphatic rings. The number of hydrogen-bond donors (Lipinski definition) is 1. The summed E-state index contributed by atoms with van der Waals surface area (Å²) in [5.41, 5.74) is 4.12. The van der Waals surface area contributed by atoms with Crippen molar-refractivity contribution in [3.05, 3.63) is 89.4 Å². The summed E-state index contributed by atoms with van der Waals surface area (Å²) >= 11 is 7.28. The number of thioether (sulfide) groups is 1. The number of benzene rings is 3. The lowest BCUT2D eigenvalue weighted by Gasteiger charge is -2.16. The van der Waals surface area contributed by atoms with Crippen molar-refractivity contribution in [2.45, 2.75) is 11.4 Å². The predicted octanol–water partition coefficient (Wildman–Crippen LogP) is 7.08. The molecule has 4 aromatic rings. The van der Waals surface area contributed by atoms with Crippen LogP contribution in [0.1, 0.15) is 12.0 Å². The topological polar surface area (TPSA) is 84.2 Å². The monoisotopic (exact) mass is 529 g/mol. The van der Waals surface area contributed by atoms with Gasteiger partial charge in [0.15, 0.2) is 11.5 Å². The fraction of sp³-hybridized carbons (Fsp3) is 0.138. The molecule has 0 unspecified atom stereocenters. The van der Waals surface area contributed by atoms with E-state index >= 15 is 0 Å². The highest BCUT2D eigenvalue weighted by molar-refractivity contribution is 7.99. The molecule has 1 N–H and O–H groups in total. The molecular weight excluding hydrogens is 506 g/mol. The van der Waals surface area contributed by atoms with E-state index in [0.717, 1.165) is 11.1 Å². The maximum atomic E-state index is 12.5. The summed E-state index contributed by atoms with van der Waals surface area (Å²) in [7, 11) is 3.15. The zero-order valence-corrected chi connectivity index (χ0v) is 21.9. The first-order valence-electron chi connectivity index (χ1n) is 11.4. The number of aromatic nitrogens is 1. The zero-order chi connectivity index (χ0) is 26.2. The Labute approximate surface area is 225 Å². The number of rotatable bonds is 9. The molecule has 0 saturated heterocycles. The van der Waals surface area contributed by atoms with Crippen LogP contribution < -0.4 is 14.8 Å². The van der Waals surface area contributed by atoms with Crippen LogP contribution in [0.15, 0.2) is 83.9 Å². The van der Waals surface area contributed by atoms with Gasteiger partial charge in [-0.15, -0.1) is 11.8 Å². The van der Waals surface area contributed by atoms with Crippen molar-refractivity contribution in [1.82, 2.24) is 4.98 Å². The number of anilines is 1. The number of ether oxygens (including phenoxy) is 2. The van der Waals surface area contributed by atoms with E-state index in [1.807, 2.05) is 54.6 Å². The van der Waals surface area contributed by atoms with Gasteiger partial charge in [-0.1, -0.05) is 54.1 Å². The molecule has 0 aliphatic heterocycles. The van der Waals surface area contributed by atoms with Crippen molar-refractivity contribution >= 4 is 35.0 Å². The van der Waals surface area contributed by atoms with E-state index in [0.29, 0.717) is 49.8 Å². The number of amides is 1. The molecule has 1 amide bonds. The molecule has 0 fully saturated rings. The standard InChI is InChI=1S/C29H24ClN3O3S/c1-35-26-10-6-9-22(28(26)36-2)23-17-25(19-7-4-3-5-8-19)33-29(24(23)18-31)37-16-15-27(34)32-21-13-11-20(30)12-14-21/h3-14,17H,15-16H2,1-2H3,(H,32,34). The lowest BCUT2D eigenvalue weighted by molar-refractivity contribution is -0.115. The number of carbonyl (C=O) groups is 1. The van der Waals surface area contributed by atoms with E-state index in [4.69, 9.17) is 26.1 Å². The van der Waals surface area contributed by atoms with Gasteiger partial charge >= 0.3 is 0 Å². The second-order valence-electron chi connectivity index (χ2n) is 7.91. The van der Waals surface area contributed by atoms with Crippen LogP contribution in [0.3, 0.4) is 0 Å². The maximum Gasteiger partial charge on any atom is 0.225 e. The highest BCUT2D eigenvalue weighted by Gasteiger charge is 2.20. The van der Waals surface area contributed by atoms with Crippen LogP contribution in [0.2, 0.25) is 5.02 Å². The first-order chi connectivity index (χ1) is 18.0. The van der Waals surface area contributed by atoms with Crippen LogP contribution in [-0.4, -0.2) is 30.9 Å². The third-order valence-corrected chi connectivity index (χ3v) is 6.79. The van der Waals surface area contributed by atoms with Crippen LogP contribution in [-0.2, 0) is 4.79 Å². The predicted molar refractivity (Wildman–Crippen MR) is 148 cm³/mol. The molecule has 0 atom stereocenters. The van der Waals surface area contributed by atoms with Crippen molar-refractivity contribution in [1.29, 1.82) is 5.26 Å². The number of nitrogens with zero attached hydrogens (tertiary/aromatic N) is 2. The van der Waals surface area contributed by atoms with Gasteiger partial charge in [0.2, 0.25) is 5.91 Å². The van der Waals surface area contributed by atoms with Gasteiger partial charge in [0.1, 0.15) is 11.1 Å². The SMILES string of the molecule is COc1cccc(-c2cc(-c3ccccc3)nc(SCCC(=O)Nc3ccc(Cl)cc3)c2C#N)c1OC. The van der Waals surface area contributed by atoms with Crippen LogP contribution >= 0.6 is 23.4 Å². The molecule has 0 spiro atoms. The molecular formula is C29H24ClN3O3S. The Morgan fingerprint density at radius 1 is 1.00 bits per heavy atom. The Bertz CT molecular complexity index is 1440. The minimum absolute atomic E-state index is 0.137. The van der Waals surface area contributed by atoms with E-state index < -0.39 is 0 Å². The van der Waals surface area contributed by atoms with Gasteiger partial charge in [-0.05, 0) is 36.4 Å². The second-order valence-corrected chi connectivity index (χ2v) is 9.43. The molecule has 0 aliphatic carbocycles. The Morgan fingerprint density at radius 2 is 1.76 bits per heavy atom. The van der Waals surface area contributed by atoms with E-state index in [1.165, 1.54) is 11.8 Å². The lowest BCUT2D eigenvalue weighted by Crippen LogP contribution is -2.12. The molecule has 1 heterocycles. The van der Waals surface area contributed by atoms with Crippen molar-refractivity contribution < 1.29 is 14.3 Å². The summed E-state index contributed by atoms with van der Waals surface area (Å²) in [6.45, 7) is 0.